The van der Waals surface area contributed by atoms with Gasteiger partial charge in [0.1, 0.15) is 0 Å². The van der Waals surface area contributed by atoms with Crippen LogP contribution in [0.3, 0.4) is 0 Å². The summed E-state index contributed by atoms with van der Waals surface area (Å²) in [5.41, 5.74) is 0. The van der Waals surface area contributed by atoms with Gasteiger partial charge in [-0.25, -0.2) is 4.79 Å². The van der Waals surface area contributed by atoms with Gasteiger partial charge in [-0.15, -0.1) is 0 Å². The summed E-state index contributed by atoms with van der Waals surface area (Å²) in [7, 11) is -3.33. The van der Waals surface area contributed by atoms with Gasteiger partial charge in [0.25, 0.3) is 10.1 Å². The molecule has 94 valence electrons. The van der Waals surface area contributed by atoms with Crippen molar-refractivity contribution < 1.29 is 22.1 Å². The molecule has 0 rings (SSSR count). The number of esters is 1. The zero-order valence-electron chi connectivity index (χ0n) is 9.64. The number of hydrogen-bond acceptors (Lipinski definition) is 5. The van der Waals surface area contributed by atoms with E-state index in [1.807, 2.05) is 0 Å². The molecule has 0 aromatic carbocycles. The van der Waals surface area contributed by atoms with Crippen molar-refractivity contribution >= 4 is 16.1 Å². The Kier molecular flexibility index (Phi) is 7.84. The van der Waals surface area contributed by atoms with Crippen LogP contribution in [0.1, 0.15) is 26.2 Å². The maximum atomic E-state index is 10.9. The molecule has 0 aromatic rings. The number of hydrogen-bond donors (Lipinski definition) is 0. The maximum Gasteiger partial charge on any atom is 0.330 e. The highest BCUT2D eigenvalue weighted by atomic mass is 32.2. The van der Waals surface area contributed by atoms with Crippen LogP contribution in [0, 0.1) is 0 Å². The van der Waals surface area contributed by atoms with Crippen LogP contribution < -0.4 is 0 Å². The molecule has 0 aliphatic heterocycles. The summed E-state index contributed by atoms with van der Waals surface area (Å²) in [6.45, 7) is 2.30. The van der Waals surface area contributed by atoms with Gasteiger partial charge in [-0.3, -0.25) is 4.18 Å². The molecule has 0 radical (unpaired) electrons. The van der Waals surface area contributed by atoms with Crippen LogP contribution in [-0.4, -0.2) is 33.9 Å². The normalized spacial score (nSPS) is 11.9. The van der Waals surface area contributed by atoms with Crippen molar-refractivity contribution in [3.63, 3.8) is 0 Å². The lowest BCUT2D eigenvalue weighted by molar-refractivity contribution is -0.137. The molecule has 0 N–H and O–H groups in total. The maximum absolute atomic E-state index is 10.9. The van der Waals surface area contributed by atoms with E-state index in [0.717, 1.165) is 12.7 Å². The van der Waals surface area contributed by atoms with Crippen LogP contribution >= 0.6 is 0 Å². The molecule has 5 nitrogen and oxygen atoms in total. The van der Waals surface area contributed by atoms with Crippen molar-refractivity contribution in [2.45, 2.75) is 26.2 Å². The Morgan fingerprint density at radius 1 is 1.31 bits per heavy atom. The van der Waals surface area contributed by atoms with Gasteiger partial charge >= 0.3 is 5.97 Å². The summed E-state index contributed by atoms with van der Waals surface area (Å²) in [6, 6.07) is 0. The lowest BCUT2D eigenvalue weighted by Crippen LogP contribution is -2.03. The van der Waals surface area contributed by atoms with Crippen molar-refractivity contribution in [1.29, 1.82) is 0 Å². The second kappa shape index (κ2) is 8.29. The summed E-state index contributed by atoms with van der Waals surface area (Å²) in [5.74, 6) is -0.352. The molecule has 0 heterocycles. The van der Waals surface area contributed by atoms with Crippen molar-refractivity contribution in [3.05, 3.63) is 12.2 Å². The Hall–Kier alpha value is -0.880. The van der Waals surface area contributed by atoms with Gasteiger partial charge < -0.3 is 4.74 Å². The fourth-order valence-corrected chi connectivity index (χ4v) is 1.37. The Bertz CT molecular complexity index is 318. The number of allylic oxidation sites excluding steroid dienone is 1. The summed E-state index contributed by atoms with van der Waals surface area (Å²) >= 11 is 0. The Labute approximate surface area is 96.6 Å². The van der Waals surface area contributed by atoms with Crippen molar-refractivity contribution in [2.75, 3.05) is 19.5 Å². The van der Waals surface area contributed by atoms with Gasteiger partial charge in [0, 0.05) is 6.08 Å². The van der Waals surface area contributed by atoms with Crippen LogP contribution in [0.15, 0.2) is 12.2 Å². The van der Waals surface area contributed by atoms with Gasteiger partial charge in [0.15, 0.2) is 0 Å². The van der Waals surface area contributed by atoms with E-state index in [-0.39, 0.29) is 12.6 Å². The van der Waals surface area contributed by atoms with E-state index >= 15 is 0 Å². The predicted octanol–water partition coefficient (Wildman–Crippen LogP) is 1.25. The number of carbonyl (C=O) groups excluding carboxylic acids is 1. The van der Waals surface area contributed by atoms with Crippen molar-refractivity contribution in [3.8, 4) is 0 Å². The molecule has 16 heavy (non-hydrogen) atoms. The number of unbranched alkanes of at least 4 members (excludes halogenated alkanes) is 2. The zero-order chi connectivity index (χ0) is 12.4. The first-order valence-electron chi connectivity index (χ1n) is 5.13. The van der Waals surface area contributed by atoms with Gasteiger partial charge in [-0.2, -0.15) is 8.42 Å². The number of ether oxygens (including phenoxy) is 1. The third-order valence-electron chi connectivity index (χ3n) is 1.60. The van der Waals surface area contributed by atoms with E-state index in [2.05, 4.69) is 8.92 Å². The molecule has 0 saturated carbocycles. The monoisotopic (exact) mass is 250 g/mol. The topological polar surface area (TPSA) is 69.7 Å². The summed E-state index contributed by atoms with van der Waals surface area (Å²) in [5, 5.41) is 0. The SMILES string of the molecule is CCOC(=O)C=CCCCCOS(C)(=O)=O. The van der Waals surface area contributed by atoms with Crippen LogP contribution in [0.2, 0.25) is 0 Å². The van der Waals surface area contributed by atoms with Crippen LogP contribution in [0.25, 0.3) is 0 Å². The Balaban J connectivity index is 3.43. The first kappa shape index (κ1) is 15.1. The first-order valence-corrected chi connectivity index (χ1v) is 6.95. The standard InChI is InChI=1S/C10H18O5S/c1-3-14-10(11)8-6-4-5-7-9-15-16(2,12)13/h6,8H,3-5,7,9H2,1-2H3. The third kappa shape index (κ3) is 11.2. The molecular weight excluding hydrogens is 232 g/mol. The molecule has 0 spiro atoms. The van der Waals surface area contributed by atoms with E-state index in [0.29, 0.717) is 19.4 Å². The Morgan fingerprint density at radius 2 is 2.00 bits per heavy atom. The number of carbonyl (C=O) groups is 1. The highest BCUT2D eigenvalue weighted by Crippen LogP contribution is 1.99. The largest absolute Gasteiger partial charge is 0.463 e. The van der Waals surface area contributed by atoms with Crippen LogP contribution in [0.4, 0.5) is 0 Å². The molecule has 0 unspecified atom stereocenters. The summed E-state index contributed by atoms with van der Waals surface area (Å²) in [6.07, 6.45) is 6.21. The average molecular weight is 250 g/mol. The van der Waals surface area contributed by atoms with Gasteiger partial charge in [-0.05, 0) is 26.2 Å². The van der Waals surface area contributed by atoms with E-state index in [1.165, 1.54) is 6.08 Å². The van der Waals surface area contributed by atoms with Gasteiger partial charge in [0.2, 0.25) is 0 Å². The molecule has 6 heteroatoms. The van der Waals surface area contributed by atoms with Crippen molar-refractivity contribution in [2.24, 2.45) is 0 Å². The van der Waals surface area contributed by atoms with E-state index in [4.69, 9.17) is 0 Å². The van der Waals surface area contributed by atoms with E-state index in [1.54, 1.807) is 13.0 Å². The summed E-state index contributed by atoms with van der Waals surface area (Å²) < 4.78 is 30.4. The minimum absolute atomic E-state index is 0.187. The third-order valence-corrected chi connectivity index (χ3v) is 2.20. The minimum Gasteiger partial charge on any atom is -0.463 e. The number of rotatable bonds is 8. The van der Waals surface area contributed by atoms with E-state index in [9.17, 15) is 13.2 Å². The van der Waals surface area contributed by atoms with E-state index < -0.39 is 10.1 Å². The molecule has 0 aromatic heterocycles. The predicted molar refractivity (Wildman–Crippen MR) is 60.4 cm³/mol. The second-order valence-corrected chi connectivity index (χ2v) is 4.82. The quantitative estimate of drug-likeness (QED) is 0.281. The van der Waals surface area contributed by atoms with Gasteiger partial charge in [-0.1, -0.05) is 6.08 Å². The highest BCUT2D eigenvalue weighted by Gasteiger charge is 1.99. The fourth-order valence-electron chi connectivity index (χ4n) is 0.944. The lowest BCUT2D eigenvalue weighted by Gasteiger charge is -1.99. The molecular formula is C10H18O5S. The second-order valence-electron chi connectivity index (χ2n) is 3.18. The minimum atomic E-state index is -3.33. The van der Waals surface area contributed by atoms with Crippen LogP contribution in [-0.2, 0) is 23.8 Å². The molecule has 0 aliphatic carbocycles. The molecule has 0 bridgehead atoms. The average Bonchev–Trinajstić information content (AvgIpc) is 2.15. The smallest absolute Gasteiger partial charge is 0.330 e. The van der Waals surface area contributed by atoms with Gasteiger partial charge in [0.05, 0.1) is 19.5 Å². The highest BCUT2D eigenvalue weighted by molar-refractivity contribution is 7.85. The molecule has 0 fully saturated rings. The van der Waals surface area contributed by atoms with Crippen molar-refractivity contribution in [1.82, 2.24) is 0 Å². The molecule has 0 amide bonds. The fraction of sp³-hybridized carbons (Fsp3) is 0.700. The molecule has 0 aliphatic rings. The molecule has 0 atom stereocenters. The molecule has 0 saturated heterocycles. The zero-order valence-corrected chi connectivity index (χ0v) is 10.5. The Morgan fingerprint density at radius 3 is 2.56 bits per heavy atom. The lowest BCUT2D eigenvalue weighted by atomic mass is 10.2. The summed E-state index contributed by atoms with van der Waals surface area (Å²) in [4.78, 5) is 10.9. The first-order chi connectivity index (χ1) is 7.45. The van der Waals surface area contributed by atoms with Crippen LogP contribution in [0.5, 0.6) is 0 Å².